The van der Waals surface area contributed by atoms with Gasteiger partial charge < -0.3 is 47.8 Å². The van der Waals surface area contributed by atoms with E-state index in [-0.39, 0.29) is 71.8 Å². The number of aromatic nitrogens is 4. The minimum Gasteiger partial charge on any atom is -0.408 e. The van der Waals surface area contributed by atoms with E-state index in [1.807, 2.05) is 26.2 Å². The molecule has 2 aromatic carbocycles. The fourth-order valence-corrected chi connectivity index (χ4v) is 11.7. The molecule has 4 aliphatic rings. The van der Waals surface area contributed by atoms with E-state index < -0.39 is 137 Å². The van der Waals surface area contributed by atoms with Gasteiger partial charge in [0.05, 0.1) is 48.7 Å². The Balaban J connectivity index is 0.000000241. The number of nitrogens with zero attached hydrogens (tertiary/aromatic N) is 6. The molecule has 2 fully saturated rings. The number of benzene rings is 2. The minimum absolute atomic E-state index is 0.00854. The van der Waals surface area contributed by atoms with Gasteiger partial charge >= 0.3 is 11.4 Å². The summed E-state index contributed by atoms with van der Waals surface area (Å²) >= 11 is 0. The van der Waals surface area contributed by atoms with E-state index in [1.165, 1.54) is 45.9 Å². The van der Waals surface area contributed by atoms with Gasteiger partial charge in [0.2, 0.25) is 11.8 Å². The van der Waals surface area contributed by atoms with Crippen molar-refractivity contribution in [3.8, 4) is 0 Å². The Bertz CT molecular complexity index is 3300. The van der Waals surface area contributed by atoms with Crippen LogP contribution < -0.4 is 22.5 Å². The minimum atomic E-state index is -2.42. The Morgan fingerprint density at radius 3 is 1.29 bits per heavy atom. The molecule has 2 saturated heterocycles. The SMILES string of the molecule is CN(CCOC[C@H]1O[C@@H](n2ccc(=O)[nH]c2=O)C(O)[C@H]1O[Si](C)(C)C(C)(C)C)C(=O)CN1C(=O)c2ccccc2C1=O.CN(CCOC[C@H]1O[C@@H](n2ccc(=O)[nH]c2=O)C(O[Si](C)(C)C(C)(C)C)[C@H]1O)C(=O)CN1C(=O)c2ccccc2C1=O. The zero-order valence-corrected chi connectivity index (χ0v) is 51.3. The van der Waals surface area contributed by atoms with Crippen LogP contribution in [0.3, 0.4) is 0 Å². The molecule has 0 saturated carbocycles. The molecule has 4 N–H and O–H groups in total. The first-order valence-corrected chi connectivity index (χ1v) is 33.3. The molecule has 28 heteroatoms. The number of aliphatic hydroxyl groups excluding tert-OH is 2. The summed E-state index contributed by atoms with van der Waals surface area (Å²) in [4.78, 5) is 133. The predicted octanol–water partition coefficient (Wildman–Crippen LogP) is 1.91. The van der Waals surface area contributed by atoms with Crippen LogP contribution in [0.25, 0.3) is 0 Å². The molecule has 4 aliphatic heterocycles. The van der Waals surface area contributed by atoms with Crippen molar-refractivity contribution >= 4 is 52.1 Å². The largest absolute Gasteiger partial charge is 0.408 e. The highest BCUT2D eigenvalue weighted by Gasteiger charge is 2.52. The Morgan fingerprint density at radius 1 is 0.548 bits per heavy atom. The third-order valence-corrected chi connectivity index (χ3v) is 25.2. The first kappa shape index (κ1) is 64.7. The lowest BCUT2D eigenvalue weighted by Crippen LogP contribution is -2.50. The summed E-state index contributed by atoms with van der Waals surface area (Å²) in [5.74, 6) is -2.90. The maximum Gasteiger partial charge on any atom is 0.330 e. The third-order valence-electron chi connectivity index (χ3n) is 16.2. The highest BCUT2D eigenvalue weighted by atomic mass is 28.4. The van der Waals surface area contributed by atoms with Crippen molar-refractivity contribution < 1.29 is 66.8 Å². The number of ether oxygens (including phenoxy) is 4. The Labute approximate surface area is 486 Å². The molecule has 84 heavy (non-hydrogen) atoms. The fraction of sp³-hybridized carbons (Fsp3) is 0.536. The van der Waals surface area contributed by atoms with Gasteiger partial charge in [0.1, 0.15) is 49.7 Å². The molecule has 4 aromatic rings. The number of likely N-dealkylation sites (N-methyl/N-ethyl adjacent to an activating group) is 2. The van der Waals surface area contributed by atoms with Crippen molar-refractivity contribution in [3.05, 3.63) is 137 Å². The zero-order chi connectivity index (χ0) is 62.0. The van der Waals surface area contributed by atoms with E-state index >= 15 is 0 Å². The van der Waals surface area contributed by atoms with E-state index in [0.29, 0.717) is 0 Å². The number of imide groups is 2. The topological polar surface area (TPSA) is 321 Å². The van der Waals surface area contributed by atoms with Crippen molar-refractivity contribution in [3.63, 3.8) is 0 Å². The Morgan fingerprint density at radius 2 is 0.905 bits per heavy atom. The summed E-state index contributed by atoms with van der Waals surface area (Å²) in [6.45, 7) is 20.1. The highest BCUT2D eigenvalue weighted by molar-refractivity contribution is 6.74. The van der Waals surface area contributed by atoms with E-state index in [4.69, 9.17) is 27.8 Å². The molecule has 0 radical (unpaired) electrons. The number of aliphatic hydroxyl groups is 2. The number of hydrogen-bond acceptors (Lipinski definition) is 18. The van der Waals surface area contributed by atoms with Crippen molar-refractivity contribution in [2.75, 3.05) is 66.7 Å². The number of carbonyl (C=O) groups is 6. The monoisotopic (exact) mass is 1200 g/mol. The first-order chi connectivity index (χ1) is 39.2. The Kier molecular flexibility index (Phi) is 19.8. The van der Waals surface area contributed by atoms with Gasteiger partial charge in [-0.3, -0.25) is 67.3 Å². The van der Waals surface area contributed by atoms with Gasteiger partial charge in [-0.05, 0) is 60.5 Å². The van der Waals surface area contributed by atoms with Gasteiger partial charge in [-0.25, -0.2) is 9.59 Å². The van der Waals surface area contributed by atoms with Gasteiger partial charge in [-0.2, -0.15) is 0 Å². The number of amides is 6. The van der Waals surface area contributed by atoms with Crippen LogP contribution in [-0.2, 0) is 37.4 Å². The average molecular weight is 1210 g/mol. The molecular weight excluding hydrogens is 1130 g/mol. The van der Waals surface area contributed by atoms with Crippen LogP contribution in [0, 0.1) is 0 Å². The van der Waals surface area contributed by atoms with Crippen LogP contribution in [0.15, 0.2) is 92.2 Å². The lowest BCUT2D eigenvalue weighted by molar-refractivity contribution is -0.131. The molecule has 8 atom stereocenters. The van der Waals surface area contributed by atoms with Crippen LogP contribution >= 0.6 is 0 Å². The number of aromatic amines is 2. The summed E-state index contributed by atoms with van der Waals surface area (Å²) in [7, 11) is -1.74. The number of rotatable bonds is 20. The van der Waals surface area contributed by atoms with E-state index in [9.17, 15) is 58.2 Å². The first-order valence-electron chi connectivity index (χ1n) is 27.4. The summed E-state index contributed by atoms with van der Waals surface area (Å²) < 4.78 is 38.9. The lowest BCUT2D eigenvalue weighted by Gasteiger charge is -2.40. The van der Waals surface area contributed by atoms with Crippen molar-refractivity contribution in [2.45, 2.75) is 127 Å². The highest BCUT2D eigenvalue weighted by Crippen LogP contribution is 2.43. The number of H-pyrrole nitrogens is 2. The quantitative estimate of drug-likeness (QED) is 0.0558. The normalized spacial score (nSPS) is 22.5. The van der Waals surface area contributed by atoms with Crippen molar-refractivity contribution in [2.24, 2.45) is 0 Å². The van der Waals surface area contributed by atoms with Crippen LogP contribution in [0.4, 0.5) is 0 Å². The number of fused-ring (bicyclic) bond motifs is 2. The average Bonchev–Trinajstić information content (AvgIpc) is 2.61. The van der Waals surface area contributed by atoms with Crippen LogP contribution in [0.2, 0.25) is 36.3 Å². The summed E-state index contributed by atoms with van der Waals surface area (Å²) in [5, 5.41) is 22.1. The maximum atomic E-state index is 12.8. The number of nitrogens with one attached hydrogen (secondary N) is 2. The molecule has 0 aliphatic carbocycles. The lowest BCUT2D eigenvalue weighted by atomic mass is 10.1. The van der Waals surface area contributed by atoms with Crippen LogP contribution in [0.1, 0.15) is 95.4 Å². The van der Waals surface area contributed by atoms with E-state index in [1.54, 1.807) is 55.6 Å². The second-order valence-corrected chi connectivity index (χ2v) is 33.6. The van der Waals surface area contributed by atoms with Gasteiger partial charge in [0.25, 0.3) is 34.7 Å². The molecule has 6 amide bonds. The van der Waals surface area contributed by atoms with Crippen molar-refractivity contribution in [1.82, 2.24) is 38.7 Å². The second-order valence-electron chi connectivity index (χ2n) is 24.1. The summed E-state index contributed by atoms with van der Waals surface area (Å²) in [6, 6.07) is 15.2. The molecule has 26 nitrogen and oxygen atoms in total. The fourth-order valence-electron chi connectivity index (χ4n) is 9.05. The second kappa shape index (κ2) is 25.8. The Hall–Kier alpha value is -6.87. The van der Waals surface area contributed by atoms with E-state index in [2.05, 4.69) is 51.5 Å². The predicted molar refractivity (Wildman–Crippen MR) is 307 cm³/mol. The van der Waals surface area contributed by atoms with Crippen LogP contribution in [-0.4, -0.2) is 204 Å². The van der Waals surface area contributed by atoms with E-state index in [0.717, 1.165) is 14.4 Å². The molecule has 2 aromatic heterocycles. The van der Waals surface area contributed by atoms with Gasteiger partial charge in [-0.1, -0.05) is 65.8 Å². The molecule has 6 heterocycles. The smallest absolute Gasteiger partial charge is 0.330 e. The standard InChI is InChI=1S/2C28H38N4O9Si/c1-28(2,3)42(5,6)41-23-19(40-26(22(23)35)31-12-11-20(33)29-27(31)38)16-39-14-13-30(4)21(34)15-32-24(36)17-9-7-8-10-18(17)25(32)37;1-28(2,3)42(5,6)41-23-22(35)19(40-26(23)31-12-11-20(33)29-27(31)38)16-39-14-13-30(4)21(34)15-32-24(36)17-9-7-8-10-18(17)25(32)37/h2*7-12,19,22-23,26,35H,13-16H2,1-6H3,(H,29,33,38)/t19-,22?,23+,26-;19-,22+,23?,26-/m11/s1. The van der Waals surface area contributed by atoms with Crippen molar-refractivity contribution in [1.29, 1.82) is 0 Å². The molecule has 8 rings (SSSR count). The number of carbonyl (C=O) groups excluding carboxylic acids is 6. The molecule has 456 valence electrons. The third kappa shape index (κ3) is 14.1. The number of hydrogen-bond donors (Lipinski definition) is 4. The summed E-state index contributed by atoms with van der Waals surface area (Å²) in [6.07, 6.45) is -5.24. The summed E-state index contributed by atoms with van der Waals surface area (Å²) in [5.41, 5.74) is -1.45. The molecule has 2 unspecified atom stereocenters. The van der Waals surface area contributed by atoms with Crippen LogP contribution in [0.5, 0.6) is 0 Å². The van der Waals surface area contributed by atoms with Gasteiger partial charge in [0, 0.05) is 51.7 Å². The maximum absolute atomic E-state index is 12.8. The molecule has 0 spiro atoms. The van der Waals surface area contributed by atoms with Gasteiger partial charge in [-0.15, -0.1) is 0 Å². The zero-order valence-electron chi connectivity index (χ0n) is 49.3. The van der Waals surface area contributed by atoms with Gasteiger partial charge in [0.15, 0.2) is 29.1 Å². The molecular formula is C56H76N8O18Si2. The molecule has 0 bridgehead atoms.